The van der Waals surface area contributed by atoms with Crippen molar-refractivity contribution in [2.75, 3.05) is 10.6 Å². The SMILES string of the molecule is O=C(Nc1ccncc1Nc1ccc(F)cc1)c1cnc(C2CC2)nc1. The van der Waals surface area contributed by atoms with E-state index in [1.54, 1.807) is 43.0 Å². The lowest BCUT2D eigenvalue weighted by atomic mass is 10.2. The van der Waals surface area contributed by atoms with E-state index in [4.69, 9.17) is 0 Å². The van der Waals surface area contributed by atoms with Gasteiger partial charge in [-0.3, -0.25) is 9.78 Å². The van der Waals surface area contributed by atoms with Crippen LogP contribution in [0, 0.1) is 5.82 Å². The number of carbonyl (C=O) groups excluding carboxylic acids is 1. The first-order valence-electron chi connectivity index (χ1n) is 8.29. The van der Waals surface area contributed by atoms with Crippen LogP contribution in [0.3, 0.4) is 0 Å². The summed E-state index contributed by atoms with van der Waals surface area (Å²) in [6, 6.07) is 7.62. The number of aromatic nitrogens is 3. The average molecular weight is 349 g/mol. The van der Waals surface area contributed by atoms with Gasteiger partial charge in [-0.25, -0.2) is 14.4 Å². The normalized spacial score (nSPS) is 13.3. The molecule has 0 unspecified atom stereocenters. The first kappa shape index (κ1) is 16.1. The molecule has 2 aromatic heterocycles. The smallest absolute Gasteiger partial charge is 0.258 e. The molecule has 4 rings (SSSR count). The summed E-state index contributed by atoms with van der Waals surface area (Å²) in [4.78, 5) is 25.1. The number of rotatable bonds is 5. The van der Waals surface area contributed by atoms with Crippen molar-refractivity contribution < 1.29 is 9.18 Å². The molecule has 0 radical (unpaired) electrons. The quantitative estimate of drug-likeness (QED) is 0.731. The van der Waals surface area contributed by atoms with Gasteiger partial charge >= 0.3 is 0 Å². The molecular formula is C19H16FN5O. The van der Waals surface area contributed by atoms with Gasteiger partial charge in [0.2, 0.25) is 0 Å². The van der Waals surface area contributed by atoms with Crippen LogP contribution >= 0.6 is 0 Å². The number of pyridine rings is 1. The van der Waals surface area contributed by atoms with E-state index in [0.717, 1.165) is 18.7 Å². The van der Waals surface area contributed by atoms with Crippen molar-refractivity contribution in [3.05, 3.63) is 72.3 Å². The molecule has 0 atom stereocenters. The maximum Gasteiger partial charge on any atom is 0.258 e. The summed E-state index contributed by atoms with van der Waals surface area (Å²) in [6.45, 7) is 0. The Morgan fingerprint density at radius 1 is 1.00 bits per heavy atom. The Hall–Kier alpha value is -3.35. The summed E-state index contributed by atoms with van der Waals surface area (Å²) in [5.74, 6) is 0.619. The largest absolute Gasteiger partial charge is 0.353 e. The predicted octanol–water partition coefficient (Wildman–Crippen LogP) is 3.88. The molecule has 0 saturated heterocycles. The Kier molecular flexibility index (Phi) is 4.27. The van der Waals surface area contributed by atoms with Crippen LogP contribution in [0.2, 0.25) is 0 Å². The van der Waals surface area contributed by atoms with Crippen LogP contribution in [0.1, 0.15) is 34.9 Å². The summed E-state index contributed by atoms with van der Waals surface area (Å²) in [5.41, 5.74) is 2.23. The van der Waals surface area contributed by atoms with Crippen LogP contribution in [-0.4, -0.2) is 20.9 Å². The number of carbonyl (C=O) groups is 1. The van der Waals surface area contributed by atoms with E-state index in [-0.39, 0.29) is 11.7 Å². The van der Waals surface area contributed by atoms with Gasteiger partial charge in [-0.2, -0.15) is 0 Å². The maximum absolute atomic E-state index is 13.0. The first-order valence-corrected chi connectivity index (χ1v) is 8.29. The highest BCUT2D eigenvalue weighted by molar-refractivity contribution is 6.05. The van der Waals surface area contributed by atoms with Gasteiger partial charge in [0, 0.05) is 30.2 Å². The topological polar surface area (TPSA) is 79.8 Å². The fourth-order valence-electron chi connectivity index (χ4n) is 2.49. The molecule has 1 aromatic carbocycles. The van der Waals surface area contributed by atoms with Crippen LogP contribution in [-0.2, 0) is 0 Å². The maximum atomic E-state index is 13.0. The number of nitrogens with one attached hydrogen (secondary N) is 2. The van der Waals surface area contributed by atoms with Gasteiger partial charge in [0.1, 0.15) is 11.6 Å². The lowest BCUT2D eigenvalue weighted by Gasteiger charge is -2.12. The number of nitrogens with zero attached hydrogens (tertiary/aromatic N) is 3. The Bertz CT molecular complexity index is 923. The highest BCUT2D eigenvalue weighted by Crippen LogP contribution is 2.37. The summed E-state index contributed by atoms with van der Waals surface area (Å²) < 4.78 is 13.0. The van der Waals surface area contributed by atoms with Crippen LogP contribution in [0.4, 0.5) is 21.5 Å². The number of amides is 1. The molecular weight excluding hydrogens is 333 g/mol. The molecule has 0 aliphatic heterocycles. The minimum Gasteiger partial charge on any atom is -0.353 e. The molecule has 0 bridgehead atoms. The molecule has 7 heteroatoms. The molecule has 1 aliphatic carbocycles. The highest BCUT2D eigenvalue weighted by atomic mass is 19.1. The van der Waals surface area contributed by atoms with E-state index in [9.17, 15) is 9.18 Å². The molecule has 0 spiro atoms. The van der Waals surface area contributed by atoms with Crippen molar-refractivity contribution in [3.63, 3.8) is 0 Å². The zero-order valence-electron chi connectivity index (χ0n) is 13.8. The second-order valence-electron chi connectivity index (χ2n) is 6.11. The van der Waals surface area contributed by atoms with E-state index in [0.29, 0.717) is 28.5 Å². The second-order valence-corrected chi connectivity index (χ2v) is 6.11. The van der Waals surface area contributed by atoms with Crippen LogP contribution < -0.4 is 10.6 Å². The third-order valence-corrected chi connectivity index (χ3v) is 4.07. The number of anilines is 3. The summed E-state index contributed by atoms with van der Waals surface area (Å²) in [7, 11) is 0. The molecule has 3 aromatic rings. The fraction of sp³-hybridized carbons (Fsp3) is 0.158. The lowest BCUT2D eigenvalue weighted by molar-refractivity contribution is 0.102. The molecule has 26 heavy (non-hydrogen) atoms. The van der Waals surface area contributed by atoms with Gasteiger partial charge in [-0.15, -0.1) is 0 Å². The average Bonchev–Trinajstić information content (AvgIpc) is 3.50. The van der Waals surface area contributed by atoms with Crippen LogP contribution in [0.15, 0.2) is 55.1 Å². The highest BCUT2D eigenvalue weighted by Gasteiger charge is 2.26. The second kappa shape index (κ2) is 6.87. The minimum absolute atomic E-state index is 0.305. The van der Waals surface area contributed by atoms with Crippen molar-refractivity contribution in [2.45, 2.75) is 18.8 Å². The summed E-state index contributed by atoms with van der Waals surface area (Å²) in [5, 5.41) is 5.94. The van der Waals surface area contributed by atoms with Gasteiger partial charge < -0.3 is 10.6 Å². The van der Waals surface area contributed by atoms with Crippen LogP contribution in [0.25, 0.3) is 0 Å². The number of hydrogen-bond donors (Lipinski definition) is 2. The van der Waals surface area contributed by atoms with E-state index >= 15 is 0 Å². The zero-order chi connectivity index (χ0) is 17.9. The van der Waals surface area contributed by atoms with Gasteiger partial charge in [-0.05, 0) is 43.2 Å². The number of benzene rings is 1. The molecule has 1 fully saturated rings. The van der Waals surface area contributed by atoms with Crippen LogP contribution in [0.5, 0.6) is 0 Å². The van der Waals surface area contributed by atoms with Crippen molar-refractivity contribution in [2.24, 2.45) is 0 Å². The Morgan fingerprint density at radius 2 is 1.73 bits per heavy atom. The standard InChI is InChI=1S/C19H16FN5O/c20-14-3-5-15(6-4-14)24-17-11-21-8-7-16(17)25-19(26)13-9-22-18(23-10-13)12-1-2-12/h3-12,24H,1-2H2,(H,21,25,26). The Balaban J connectivity index is 1.50. The molecule has 1 aliphatic rings. The molecule has 1 amide bonds. The van der Waals surface area contributed by atoms with Gasteiger partial charge in [-0.1, -0.05) is 0 Å². The van der Waals surface area contributed by atoms with Crippen molar-refractivity contribution in [1.29, 1.82) is 0 Å². The molecule has 6 nitrogen and oxygen atoms in total. The van der Waals surface area contributed by atoms with E-state index in [1.165, 1.54) is 12.1 Å². The molecule has 1 saturated carbocycles. The molecule has 130 valence electrons. The first-order chi connectivity index (χ1) is 12.7. The summed E-state index contributed by atoms with van der Waals surface area (Å²) >= 11 is 0. The number of halogens is 1. The van der Waals surface area contributed by atoms with Gasteiger partial charge in [0.05, 0.1) is 23.1 Å². The third-order valence-electron chi connectivity index (χ3n) is 4.07. The van der Waals surface area contributed by atoms with Crippen molar-refractivity contribution in [3.8, 4) is 0 Å². The third kappa shape index (κ3) is 3.66. The van der Waals surface area contributed by atoms with Crippen molar-refractivity contribution >= 4 is 23.0 Å². The molecule has 2 heterocycles. The number of hydrogen-bond acceptors (Lipinski definition) is 5. The van der Waals surface area contributed by atoms with Gasteiger partial charge in [0.15, 0.2) is 0 Å². The monoisotopic (exact) mass is 349 g/mol. The van der Waals surface area contributed by atoms with Gasteiger partial charge in [0.25, 0.3) is 5.91 Å². The molecule has 2 N–H and O–H groups in total. The fourth-order valence-corrected chi connectivity index (χ4v) is 2.49. The predicted molar refractivity (Wildman–Crippen MR) is 95.9 cm³/mol. The minimum atomic E-state index is -0.315. The van der Waals surface area contributed by atoms with E-state index < -0.39 is 0 Å². The Labute approximate surface area is 149 Å². The summed E-state index contributed by atoms with van der Waals surface area (Å²) in [6.07, 6.45) is 8.49. The van der Waals surface area contributed by atoms with Crippen molar-refractivity contribution in [1.82, 2.24) is 15.0 Å². The van der Waals surface area contributed by atoms with E-state index in [2.05, 4.69) is 25.6 Å². The van der Waals surface area contributed by atoms with E-state index in [1.807, 2.05) is 0 Å². The Morgan fingerprint density at radius 3 is 2.42 bits per heavy atom. The zero-order valence-corrected chi connectivity index (χ0v) is 13.8. The lowest BCUT2D eigenvalue weighted by Crippen LogP contribution is -2.14.